The van der Waals surface area contributed by atoms with E-state index in [2.05, 4.69) is 12.2 Å². The first-order chi connectivity index (χ1) is 9.24. The summed E-state index contributed by atoms with van der Waals surface area (Å²) in [6, 6.07) is 7.73. The topological polar surface area (TPSA) is 29.1 Å². The van der Waals surface area contributed by atoms with Gasteiger partial charge in [0.2, 0.25) is 0 Å². The van der Waals surface area contributed by atoms with Crippen molar-refractivity contribution in [2.75, 3.05) is 6.54 Å². The average molecular weight is 261 g/mol. The summed E-state index contributed by atoms with van der Waals surface area (Å²) < 4.78 is 0. The van der Waals surface area contributed by atoms with Gasteiger partial charge in [-0.25, -0.2) is 0 Å². The molecule has 0 aliphatic heterocycles. The fraction of sp³-hybridized carbons (Fsp3) is 0.588. The van der Waals surface area contributed by atoms with Crippen molar-refractivity contribution in [3.8, 4) is 0 Å². The van der Waals surface area contributed by atoms with Gasteiger partial charge in [0, 0.05) is 12.1 Å². The second kappa shape index (κ2) is 9.60. The maximum absolute atomic E-state index is 11.9. The molecule has 1 aromatic carbocycles. The summed E-state index contributed by atoms with van der Waals surface area (Å²) in [6.45, 7) is 5.04. The van der Waals surface area contributed by atoms with Gasteiger partial charge >= 0.3 is 0 Å². The molecule has 1 rings (SSSR count). The molecule has 1 amide bonds. The number of carbonyl (C=O) groups is 1. The summed E-state index contributed by atoms with van der Waals surface area (Å²) in [5.74, 6) is 0.0506. The molecule has 106 valence electrons. The van der Waals surface area contributed by atoms with Crippen molar-refractivity contribution in [1.29, 1.82) is 0 Å². The van der Waals surface area contributed by atoms with Gasteiger partial charge in [-0.15, -0.1) is 0 Å². The highest BCUT2D eigenvalue weighted by molar-refractivity contribution is 5.94. The van der Waals surface area contributed by atoms with Gasteiger partial charge < -0.3 is 5.32 Å². The monoisotopic (exact) mass is 261 g/mol. The second-order valence-corrected chi connectivity index (χ2v) is 5.25. The molecular weight excluding hydrogens is 234 g/mol. The van der Waals surface area contributed by atoms with Crippen molar-refractivity contribution in [1.82, 2.24) is 5.32 Å². The SMILES string of the molecule is CCCCCCCCCNC(=O)c1cccc(C)c1. The first kappa shape index (κ1) is 15.7. The minimum Gasteiger partial charge on any atom is -0.352 e. The van der Waals surface area contributed by atoms with Crippen LogP contribution in [0.2, 0.25) is 0 Å². The summed E-state index contributed by atoms with van der Waals surface area (Å²) in [6.07, 6.45) is 8.93. The van der Waals surface area contributed by atoms with E-state index in [9.17, 15) is 4.79 Å². The molecule has 0 heterocycles. The van der Waals surface area contributed by atoms with Crippen LogP contribution in [0.4, 0.5) is 0 Å². The standard InChI is InChI=1S/C17H27NO/c1-3-4-5-6-7-8-9-13-18-17(19)16-12-10-11-15(2)14-16/h10-12,14H,3-9,13H2,1-2H3,(H,18,19). The summed E-state index contributed by atoms with van der Waals surface area (Å²) in [5, 5.41) is 2.99. The Hall–Kier alpha value is -1.31. The maximum atomic E-state index is 11.9. The summed E-state index contributed by atoms with van der Waals surface area (Å²) in [4.78, 5) is 11.9. The van der Waals surface area contributed by atoms with E-state index in [1.165, 1.54) is 38.5 Å². The van der Waals surface area contributed by atoms with Gasteiger partial charge in [0.25, 0.3) is 5.91 Å². The largest absolute Gasteiger partial charge is 0.352 e. The number of hydrogen-bond acceptors (Lipinski definition) is 1. The van der Waals surface area contributed by atoms with Crippen LogP contribution in [0.5, 0.6) is 0 Å². The van der Waals surface area contributed by atoms with Crippen LogP contribution < -0.4 is 5.32 Å². The molecule has 0 spiro atoms. The number of benzene rings is 1. The lowest BCUT2D eigenvalue weighted by Gasteiger charge is -2.06. The lowest BCUT2D eigenvalue weighted by molar-refractivity contribution is 0.0953. The van der Waals surface area contributed by atoms with Crippen molar-refractivity contribution >= 4 is 5.91 Å². The van der Waals surface area contributed by atoms with Crippen LogP contribution in [-0.2, 0) is 0 Å². The Morgan fingerprint density at radius 3 is 2.42 bits per heavy atom. The van der Waals surface area contributed by atoms with Crippen LogP contribution in [0.1, 0.15) is 67.8 Å². The van der Waals surface area contributed by atoms with Crippen molar-refractivity contribution in [3.05, 3.63) is 35.4 Å². The third kappa shape index (κ3) is 7.00. The number of hydrogen-bond donors (Lipinski definition) is 1. The lowest BCUT2D eigenvalue weighted by atomic mass is 10.1. The Morgan fingerprint density at radius 2 is 1.74 bits per heavy atom. The Kier molecular flexibility index (Phi) is 7.95. The zero-order valence-corrected chi connectivity index (χ0v) is 12.4. The Bertz CT molecular complexity index is 373. The molecule has 0 aliphatic carbocycles. The van der Waals surface area contributed by atoms with E-state index >= 15 is 0 Å². The van der Waals surface area contributed by atoms with Gasteiger partial charge in [0.15, 0.2) is 0 Å². The molecule has 0 saturated carbocycles. The van der Waals surface area contributed by atoms with E-state index in [0.717, 1.165) is 24.1 Å². The predicted octanol–water partition coefficient (Wildman–Crippen LogP) is 4.48. The molecule has 0 unspecified atom stereocenters. The molecule has 0 radical (unpaired) electrons. The predicted molar refractivity (Wildman–Crippen MR) is 81.5 cm³/mol. The fourth-order valence-corrected chi connectivity index (χ4v) is 2.17. The van der Waals surface area contributed by atoms with Gasteiger partial charge in [0.05, 0.1) is 0 Å². The molecule has 0 atom stereocenters. The average Bonchev–Trinajstić information content (AvgIpc) is 2.41. The van der Waals surface area contributed by atoms with Crippen LogP contribution in [0.15, 0.2) is 24.3 Å². The molecule has 2 nitrogen and oxygen atoms in total. The minimum absolute atomic E-state index is 0.0506. The first-order valence-electron chi connectivity index (χ1n) is 7.59. The fourth-order valence-electron chi connectivity index (χ4n) is 2.17. The summed E-state index contributed by atoms with van der Waals surface area (Å²) in [5.41, 5.74) is 1.89. The zero-order chi connectivity index (χ0) is 13.9. The molecule has 0 saturated heterocycles. The van der Waals surface area contributed by atoms with E-state index in [1.807, 2.05) is 31.2 Å². The number of carbonyl (C=O) groups excluding carboxylic acids is 1. The molecule has 1 N–H and O–H groups in total. The molecule has 0 aromatic heterocycles. The number of rotatable bonds is 9. The van der Waals surface area contributed by atoms with Crippen LogP contribution in [-0.4, -0.2) is 12.5 Å². The van der Waals surface area contributed by atoms with Crippen molar-refractivity contribution in [2.45, 2.75) is 58.8 Å². The van der Waals surface area contributed by atoms with E-state index < -0.39 is 0 Å². The van der Waals surface area contributed by atoms with E-state index in [-0.39, 0.29) is 5.91 Å². The quantitative estimate of drug-likeness (QED) is 0.653. The van der Waals surface area contributed by atoms with Crippen molar-refractivity contribution in [3.63, 3.8) is 0 Å². The van der Waals surface area contributed by atoms with E-state index in [4.69, 9.17) is 0 Å². The van der Waals surface area contributed by atoms with Crippen LogP contribution in [0.3, 0.4) is 0 Å². The Labute approximate surface area is 117 Å². The molecule has 1 aromatic rings. The number of aryl methyl sites for hydroxylation is 1. The van der Waals surface area contributed by atoms with E-state index in [0.29, 0.717) is 0 Å². The third-order valence-electron chi connectivity index (χ3n) is 3.35. The third-order valence-corrected chi connectivity index (χ3v) is 3.35. The van der Waals surface area contributed by atoms with Gasteiger partial charge in [-0.1, -0.05) is 63.1 Å². The molecule has 2 heteroatoms. The molecule has 0 bridgehead atoms. The highest BCUT2D eigenvalue weighted by Crippen LogP contribution is 2.07. The molecular formula is C17H27NO. The van der Waals surface area contributed by atoms with Gasteiger partial charge in [-0.3, -0.25) is 4.79 Å². The first-order valence-corrected chi connectivity index (χ1v) is 7.59. The van der Waals surface area contributed by atoms with Crippen molar-refractivity contribution in [2.24, 2.45) is 0 Å². The van der Waals surface area contributed by atoms with Gasteiger partial charge in [-0.2, -0.15) is 0 Å². The molecule has 0 aliphatic rings. The molecule has 19 heavy (non-hydrogen) atoms. The highest BCUT2D eigenvalue weighted by Gasteiger charge is 2.03. The highest BCUT2D eigenvalue weighted by atomic mass is 16.1. The number of unbranched alkanes of at least 4 members (excludes halogenated alkanes) is 6. The van der Waals surface area contributed by atoms with Gasteiger partial charge in [0.1, 0.15) is 0 Å². The van der Waals surface area contributed by atoms with Gasteiger partial charge in [-0.05, 0) is 25.5 Å². The normalized spacial score (nSPS) is 10.4. The Balaban J connectivity index is 2.08. The summed E-state index contributed by atoms with van der Waals surface area (Å²) in [7, 11) is 0. The minimum atomic E-state index is 0.0506. The second-order valence-electron chi connectivity index (χ2n) is 5.25. The zero-order valence-electron chi connectivity index (χ0n) is 12.4. The number of nitrogens with one attached hydrogen (secondary N) is 1. The molecule has 0 fully saturated rings. The van der Waals surface area contributed by atoms with E-state index in [1.54, 1.807) is 0 Å². The maximum Gasteiger partial charge on any atom is 0.251 e. The number of amides is 1. The Morgan fingerprint density at radius 1 is 1.05 bits per heavy atom. The lowest BCUT2D eigenvalue weighted by Crippen LogP contribution is -2.24. The summed E-state index contributed by atoms with van der Waals surface area (Å²) >= 11 is 0. The van der Waals surface area contributed by atoms with Crippen LogP contribution in [0, 0.1) is 6.92 Å². The van der Waals surface area contributed by atoms with Crippen LogP contribution >= 0.6 is 0 Å². The van der Waals surface area contributed by atoms with Crippen molar-refractivity contribution < 1.29 is 4.79 Å². The smallest absolute Gasteiger partial charge is 0.251 e. The van der Waals surface area contributed by atoms with Crippen LogP contribution in [0.25, 0.3) is 0 Å².